The Bertz CT molecular complexity index is 304. The maximum absolute atomic E-state index is 5.14. The first kappa shape index (κ1) is 12.3. The predicted molar refractivity (Wildman–Crippen MR) is 64.8 cm³/mol. The Labute approximate surface area is 97.4 Å². The summed E-state index contributed by atoms with van der Waals surface area (Å²) in [6.45, 7) is 3.39. The van der Waals surface area contributed by atoms with Crippen molar-refractivity contribution in [3.8, 4) is 5.75 Å². The molecule has 0 radical (unpaired) electrons. The summed E-state index contributed by atoms with van der Waals surface area (Å²) in [7, 11) is 1.70. The average molecular weight is 228 g/mol. The van der Waals surface area contributed by atoms with Crippen LogP contribution in [0, 0.1) is 0 Å². The van der Waals surface area contributed by atoms with E-state index < -0.39 is 0 Å². The zero-order chi connectivity index (χ0) is 10.0. The van der Waals surface area contributed by atoms with Crippen molar-refractivity contribution in [3.63, 3.8) is 0 Å². The van der Waals surface area contributed by atoms with E-state index in [1.165, 1.54) is 18.4 Å². The first-order chi connectivity index (χ1) is 6.74. The molecule has 0 bridgehead atoms. The van der Waals surface area contributed by atoms with Crippen LogP contribution in [0.1, 0.15) is 25.3 Å². The topological polar surface area (TPSA) is 21.3 Å². The van der Waals surface area contributed by atoms with Gasteiger partial charge in [-0.1, -0.05) is 12.1 Å². The number of hydrogen-bond acceptors (Lipinski definition) is 2. The number of ether oxygens (including phenoxy) is 1. The quantitative estimate of drug-likeness (QED) is 0.839. The van der Waals surface area contributed by atoms with Gasteiger partial charge in [-0.3, -0.25) is 0 Å². The van der Waals surface area contributed by atoms with Gasteiger partial charge in [-0.2, -0.15) is 0 Å². The second-order valence-electron chi connectivity index (χ2n) is 4.09. The molecule has 1 unspecified atom stereocenters. The smallest absolute Gasteiger partial charge is 0.118 e. The monoisotopic (exact) mass is 227 g/mol. The van der Waals surface area contributed by atoms with Crippen LogP contribution < -0.4 is 10.1 Å². The van der Waals surface area contributed by atoms with Crippen molar-refractivity contribution in [3.05, 3.63) is 29.8 Å². The van der Waals surface area contributed by atoms with Crippen LogP contribution in [0.5, 0.6) is 5.75 Å². The lowest BCUT2D eigenvalue weighted by Crippen LogP contribution is -2.32. The van der Waals surface area contributed by atoms with E-state index in [2.05, 4.69) is 24.4 Å². The molecule has 2 rings (SSSR count). The summed E-state index contributed by atoms with van der Waals surface area (Å²) in [5.41, 5.74) is 1.53. The first-order valence-electron chi connectivity index (χ1n) is 5.14. The minimum atomic E-state index is 0. The van der Waals surface area contributed by atoms with Crippen LogP contribution in [-0.4, -0.2) is 13.7 Å². The van der Waals surface area contributed by atoms with Crippen LogP contribution in [0.25, 0.3) is 0 Å². The van der Waals surface area contributed by atoms with Crippen LogP contribution in [0.15, 0.2) is 24.3 Å². The zero-order valence-corrected chi connectivity index (χ0v) is 10.1. The van der Waals surface area contributed by atoms with Gasteiger partial charge in [0.25, 0.3) is 0 Å². The summed E-state index contributed by atoms with van der Waals surface area (Å²) in [6, 6.07) is 8.36. The lowest BCUT2D eigenvalue weighted by Gasteiger charge is -2.25. The Hall–Kier alpha value is -0.730. The fourth-order valence-electron chi connectivity index (χ4n) is 2.10. The Morgan fingerprint density at radius 2 is 1.93 bits per heavy atom. The normalized spacial score (nSPS) is 24.7. The van der Waals surface area contributed by atoms with E-state index in [9.17, 15) is 0 Å². The van der Waals surface area contributed by atoms with Crippen LogP contribution in [0.2, 0.25) is 0 Å². The molecule has 1 aromatic rings. The number of benzene rings is 1. The van der Waals surface area contributed by atoms with Gasteiger partial charge in [0.1, 0.15) is 5.75 Å². The van der Waals surface area contributed by atoms with Crippen LogP contribution >= 0.6 is 12.4 Å². The van der Waals surface area contributed by atoms with E-state index in [-0.39, 0.29) is 17.9 Å². The summed E-state index contributed by atoms with van der Waals surface area (Å²) in [6.07, 6.45) is 2.49. The van der Waals surface area contributed by atoms with Crippen molar-refractivity contribution < 1.29 is 4.74 Å². The van der Waals surface area contributed by atoms with Gasteiger partial charge < -0.3 is 10.1 Å². The SMILES string of the molecule is COc1ccc(C2(C)CCCN2)cc1.Cl. The van der Waals surface area contributed by atoms with E-state index >= 15 is 0 Å². The maximum Gasteiger partial charge on any atom is 0.118 e. The van der Waals surface area contributed by atoms with E-state index in [1.54, 1.807) is 7.11 Å². The number of halogens is 1. The van der Waals surface area contributed by atoms with Gasteiger partial charge in [0.2, 0.25) is 0 Å². The Balaban J connectivity index is 0.00000112. The molecule has 1 aliphatic heterocycles. The molecule has 0 spiro atoms. The Kier molecular flexibility index (Phi) is 4.00. The first-order valence-corrected chi connectivity index (χ1v) is 5.14. The van der Waals surface area contributed by atoms with Crippen molar-refractivity contribution in [1.82, 2.24) is 5.32 Å². The summed E-state index contributed by atoms with van der Waals surface area (Å²) < 4.78 is 5.14. The van der Waals surface area contributed by atoms with Gasteiger partial charge in [0.15, 0.2) is 0 Å². The highest BCUT2D eigenvalue weighted by molar-refractivity contribution is 5.85. The minimum absolute atomic E-state index is 0. The molecule has 1 aromatic carbocycles. The molecule has 1 N–H and O–H groups in total. The van der Waals surface area contributed by atoms with Crippen molar-refractivity contribution >= 4 is 12.4 Å². The van der Waals surface area contributed by atoms with E-state index in [0.717, 1.165) is 12.3 Å². The van der Waals surface area contributed by atoms with Gasteiger partial charge in [0, 0.05) is 5.54 Å². The zero-order valence-electron chi connectivity index (χ0n) is 9.25. The van der Waals surface area contributed by atoms with Crippen LogP contribution in [0.4, 0.5) is 0 Å². The van der Waals surface area contributed by atoms with Gasteiger partial charge >= 0.3 is 0 Å². The number of hydrogen-bond donors (Lipinski definition) is 1. The lowest BCUT2D eigenvalue weighted by molar-refractivity contribution is 0.410. The highest BCUT2D eigenvalue weighted by Crippen LogP contribution is 2.30. The molecule has 1 saturated heterocycles. The molecule has 84 valence electrons. The van der Waals surface area contributed by atoms with Crippen molar-refractivity contribution in [2.75, 3.05) is 13.7 Å². The molecule has 1 atom stereocenters. The van der Waals surface area contributed by atoms with E-state index in [4.69, 9.17) is 4.74 Å². The fraction of sp³-hybridized carbons (Fsp3) is 0.500. The minimum Gasteiger partial charge on any atom is -0.497 e. The molecule has 2 nitrogen and oxygen atoms in total. The third-order valence-electron chi connectivity index (χ3n) is 3.10. The van der Waals surface area contributed by atoms with Gasteiger partial charge in [-0.25, -0.2) is 0 Å². The van der Waals surface area contributed by atoms with Gasteiger partial charge in [-0.05, 0) is 44.0 Å². The molecular formula is C12H18ClNO. The molecule has 0 amide bonds. The van der Waals surface area contributed by atoms with Crippen molar-refractivity contribution in [1.29, 1.82) is 0 Å². The van der Waals surface area contributed by atoms with Gasteiger partial charge in [0.05, 0.1) is 7.11 Å². The second kappa shape index (κ2) is 4.86. The Morgan fingerprint density at radius 3 is 2.40 bits per heavy atom. The molecule has 0 aliphatic carbocycles. The average Bonchev–Trinajstić information content (AvgIpc) is 2.67. The second-order valence-corrected chi connectivity index (χ2v) is 4.09. The molecule has 1 heterocycles. The summed E-state index contributed by atoms with van der Waals surface area (Å²) in [5.74, 6) is 0.926. The number of methoxy groups -OCH3 is 1. The highest BCUT2D eigenvalue weighted by atomic mass is 35.5. The molecule has 3 heteroatoms. The molecule has 0 aromatic heterocycles. The Morgan fingerprint density at radius 1 is 1.27 bits per heavy atom. The van der Waals surface area contributed by atoms with E-state index in [0.29, 0.717) is 0 Å². The van der Waals surface area contributed by atoms with Crippen molar-refractivity contribution in [2.24, 2.45) is 0 Å². The number of rotatable bonds is 2. The molecular weight excluding hydrogens is 210 g/mol. The van der Waals surface area contributed by atoms with Crippen LogP contribution in [-0.2, 0) is 5.54 Å². The van der Waals surface area contributed by atoms with E-state index in [1.807, 2.05) is 12.1 Å². The van der Waals surface area contributed by atoms with Crippen molar-refractivity contribution in [2.45, 2.75) is 25.3 Å². The lowest BCUT2D eigenvalue weighted by atomic mass is 9.91. The standard InChI is InChI=1S/C12H17NO.ClH/c1-12(8-3-9-13-12)10-4-6-11(14-2)7-5-10;/h4-7,13H,3,8-9H2,1-2H3;1H. The fourth-order valence-corrected chi connectivity index (χ4v) is 2.10. The summed E-state index contributed by atoms with van der Waals surface area (Å²) in [5, 5.41) is 3.55. The molecule has 0 saturated carbocycles. The third kappa shape index (κ3) is 2.44. The molecule has 1 fully saturated rings. The summed E-state index contributed by atoms with van der Waals surface area (Å²) in [4.78, 5) is 0. The predicted octanol–water partition coefficient (Wildman–Crippen LogP) is 2.72. The van der Waals surface area contributed by atoms with Gasteiger partial charge in [-0.15, -0.1) is 12.4 Å². The van der Waals surface area contributed by atoms with Crippen LogP contribution in [0.3, 0.4) is 0 Å². The number of nitrogens with one attached hydrogen (secondary N) is 1. The third-order valence-corrected chi connectivity index (χ3v) is 3.10. The molecule has 15 heavy (non-hydrogen) atoms. The maximum atomic E-state index is 5.14. The largest absolute Gasteiger partial charge is 0.497 e. The molecule has 1 aliphatic rings. The summed E-state index contributed by atoms with van der Waals surface area (Å²) >= 11 is 0. The highest BCUT2D eigenvalue weighted by Gasteiger charge is 2.29.